The van der Waals surface area contributed by atoms with E-state index in [0.717, 1.165) is 44.6 Å². The number of piperidine rings is 1. The van der Waals surface area contributed by atoms with Crippen LogP contribution < -0.4 is 10.6 Å². The van der Waals surface area contributed by atoms with E-state index >= 15 is 0 Å². The minimum Gasteiger partial charge on any atom is -0.357 e. The van der Waals surface area contributed by atoms with Crippen LogP contribution in [0, 0.1) is 5.92 Å². The Morgan fingerprint density at radius 1 is 1.13 bits per heavy atom. The predicted octanol–water partition coefficient (Wildman–Crippen LogP) is 1.76. The first kappa shape index (κ1) is 18.5. The van der Waals surface area contributed by atoms with Crippen LogP contribution in [-0.2, 0) is 0 Å². The van der Waals surface area contributed by atoms with E-state index in [9.17, 15) is 0 Å². The molecule has 0 radical (unpaired) electrons. The molecular formula is C18H37N5. The molecule has 2 N–H and O–H groups in total. The third kappa shape index (κ3) is 6.30. The fourth-order valence-electron chi connectivity index (χ4n) is 3.88. The zero-order valence-corrected chi connectivity index (χ0v) is 15.5. The Bertz CT molecular complexity index is 357. The Labute approximate surface area is 142 Å². The normalized spacial score (nSPS) is 27.3. The van der Waals surface area contributed by atoms with Gasteiger partial charge in [-0.1, -0.05) is 13.8 Å². The summed E-state index contributed by atoms with van der Waals surface area (Å²) < 4.78 is 0. The van der Waals surface area contributed by atoms with Gasteiger partial charge in [0.05, 0.1) is 6.54 Å². The molecule has 0 bridgehead atoms. The summed E-state index contributed by atoms with van der Waals surface area (Å²) in [7, 11) is 0. The first-order valence-electron chi connectivity index (χ1n) is 9.71. The van der Waals surface area contributed by atoms with Crippen LogP contribution in [0.5, 0.6) is 0 Å². The quantitative estimate of drug-likeness (QED) is 0.553. The van der Waals surface area contributed by atoms with E-state index in [1.807, 2.05) is 0 Å². The van der Waals surface area contributed by atoms with E-state index in [4.69, 9.17) is 4.99 Å². The number of hydrogen-bond acceptors (Lipinski definition) is 3. The molecule has 2 aliphatic heterocycles. The summed E-state index contributed by atoms with van der Waals surface area (Å²) in [5.41, 5.74) is 0. The van der Waals surface area contributed by atoms with E-state index in [1.165, 1.54) is 45.3 Å². The fourth-order valence-corrected chi connectivity index (χ4v) is 3.88. The zero-order chi connectivity index (χ0) is 16.5. The van der Waals surface area contributed by atoms with Crippen molar-refractivity contribution in [3.05, 3.63) is 0 Å². The smallest absolute Gasteiger partial charge is 0.191 e. The van der Waals surface area contributed by atoms with Crippen LogP contribution in [0.1, 0.15) is 46.5 Å². The van der Waals surface area contributed by atoms with Crippen molar-refractivity contribution < 1.29 is 0 Å². The van der Waals surface area contributed by atoms with E-state index in [-0.39, 0.29) is 0 Å². The molecule has 0 saturated carbocycles. The van der Waals surface area contributed by atoms with Gasteiger partial charge in [0.1, 0.15) is 0 Å². The molecule has 0 aromatic rings. The van der Waals surface area contributed by atoms with Crippen molar-refractivity contribution in [2.75, 3.05) is 52.4 Å². The summed E-state index contributed by atoms with van der Waals surface area (Å²) in [6, 6.07) is 0.637. The number of rotatable bonds is 7. The highest BCUT2D eigenvalue weighted by molar-refractivity contribution is 5.79. The van der Waals surface area contributed by atoms with Gasteiger partial charge >= 0.3 is 0 Å². The summed E-state index contributed by atoms with van der Waals surface area (Å²) >= 11 is 0. The van der Waals surface area contributed by atoms with Crippen molar-refractivity contribution >= 4 is 5.96 Å². The minimum absolute atomic E-state index is 0.637. The van der Waals surface area contributed by atoms with Gasteiger partial charge in [-0.3, -0.25) is 9.89 Å². The number of nitrogens with one attached hydrogen (secondary N) is 2. The molecule has 0 amide bonds. The molecule has 5 heteroatoms. The largest absolute Gasteiger partial charge is 0.357 e. The maximum atomic E-state index is 4.83. The standard InChI is InChI=1S/C18H37N5/c1-4-19-18(21-14-17-9-7-12-23(17)5-2)20-10-13-22-11-6-8-16(3)15-22/h16-17H,4-15H2,1-3H3,(H2,19,20,21). The Balaban J connectivity index is 1.73. The van der Waals surface area contributed by atoms with Gasteiger partial charge in [0, 0.05) is 32.2 Å². The summed E-state index contributed by atoms with van der Waals surface area (Å²) in [6.45, 7) is 15.6. The molecule has 2 fully saturated rings. The second-order valence-electron chi connectivity index (χ2n) is 7.12. The van der Waals surface area contributed by atoms with Crippen molar-refractivity contribution in [3.8, 4) is 0 Å². The molecule has 2 saturated heterocycles. The molecular weight excluding hydrogens is 286 g/mol. The number of aliphatic imine (C=N–C) groups is 1. The molecule has 0 aromatic carbocycles. The van der Waals surface area contributed by atoms with Gasteiger partial charge < -0.3 is 15.5 Å². The Hall–Kier alpha value is -0.810. The highest BCUT2D eigenvalue weighted by Gasteiger charge is 2.22. The maximum absolute atomic E-state index is 4.83. The molecule has 2 rings (SSSR count). The first-order chi connectivity index (χ1) is 11.2. The van der Waals surface area contributed by atoms with Crippen molar-refractivity contribution in [1.82, 2.24) is 20.4 Å². The molecule has 0 aromatic heterocycles. The number of nitrogens with zero attached hydrogens (tertiary/aromatic N) is 3. The average Bonchev–Trinajstić information content (AvgIpc) is 3.00. The topological polar surface area (TPSA) is 42.9 Å². The van der Waals surface area contributed by atoms with Gasteiger partial charge in [0.2, 0.25) is 0 Å². The van der Waals surface area contributed by atoms with Gasteiger partial charge in [0.15, 0.2) is 5.96 Å². The Kier molecular flexibility index (Phi) is 8.17. The lowest BCUT2D eigenvalue weighted by Gasteiger charge is -2.31. The van der Waals surface area contributed by atoms with Crippen molar-refractivity contribution in [2.24, 2.45) is 10.9 Å². The highest BCUT2D eigenvalue weighted by atomic mass is 15.2. The van der Waals surface area contributed by atoms with Crippen LogP contribution in [0.15, 0.2) is 4.99 Å². The molecule has 23 heavy (non-hydrogen) atoms. The summed E-state index contributed by atoms with van der Waals surface area (Å²) in [5, 5.41) is 6.91. The lowest BCUT2D eigenvalue weighted by Crippen LogP contribution is -2.44. The van der Waals surface area contributed by atoms with Crippen molar-refractivity contribution in [2.45, 2.75) is 52.5 Å². The second-order valence-corrected chi connectivity index (χ2v) is 7.12. The third-order valence-corrected chi connectivity index (χ3v) is 5.17. The van der Waals surface area contributed by atoms with E-state index in [0.29, 0.717) is 6.04 Å². The van der Waals surface area contributed by atoms with Crippen LogP contribution >= 0.6 is 0 Å². The minimum atomic E-state index is 0.637. The highest BCUT2D eigenvalue weighted by Crippen LogP contribution is 2.16. The van der Waals surface area contributed by atoms with Gasteiger partial charge in [-0.25, -0.2) is 0 Å². The molecule has 2 atom stereocenters. The summed E-state index contributed by atoms with van der Waals surface area (Å²) in [5.74, 6) is 1.84. The number of hydrogen-bond donors (Lipinski definition) is 2. The van der Waals surface area contributed by atoms with E-state index in [2.05, 4.69) is 41.2 Å². The lowest BCUT2D eigenvalue weighted by atomic mass is 10.0. The summed E-state index contributed by atoms with van der Waals surface area (Å²) in [6.07, 6.45) is 5.36. The Morgan fingerprint density at radius 2 is 1.96 bits per heavy atom. The molecule has 0 aliphatic carbocycles. The second kappa shape index (κ2) is 10.1. The van der Waals surface area contributed by atoms with Gasteiger partial charge in [-0.15, -0.1) is 0 Å². The zero-order valence-electron chi connectivity index (χ0n) is 15.5. The Morgan fingerprint density at radius 3 is 2.70 bits per heavy atom. The monoisotopic (exact) mass is 323 g/mol. The molecule has 5 nitrogen and oxygen atoms in total. The van der Waals surface area contributed by atoms with E-state index < -0.39 is 0 Å². The van der Waals surface area contributed by atoms with Crippen molar-refractivity contribution in [3.63, 3.8) is 0 Å². The SMILES string of the molecule is CCNC(=NCC1CCCN1CC)NCCN1CCCC(C)C1. The number of likely N-dealkylation sites (tertiary alicyclic amines) is 2. The molecule has 2 heterocycles. The van der Waals surface area contributed by atoms with Crippen LogP contribution in [0.25, 0.3) is 0 Å². The van der Waals surface area contributed by atoms with Crippen LogP contribution in [0.4, 0.5) is 0 Å². The predicted molar refractivity (Wildman–Crippen MR) is 99.1 cm³/mol. The maximum Gasteiger partial charge on any atom is 0.191 e. The third-order valence-electron chi connectivity index (χ3n) is 5.17. The molecule has 0 spiro atoms. The van der Waals surface area contributed by atoms with Crippen LogP contribution in [0.2, 0.25) is 0 Å². The van der Waals surface area contributed by atoms with Gasteiger partial charge in [0.25, 0.3) is 0 Å². The first-order valence-corrected chi connectivity index (χ1v) is 9.71. The van der Waals surface area contributed by atoms with Crippen LogP contribution in [-0.4, -0.2) is 74.2 Å². The molecule has 2 aliphatic rings. The fraction of sp³-hybridized carbons (Fsp3) is 0.944. The lowest BCUT2D eigenvalue weighted by molar-refractivity contribution is 0.187. The van der Waals surface area contributed by atoms with Crippen molar-refractivity contribution in [1.29, 1.82) is 0 Å². The number of likely N-dealkylation sites (N-methyl/N-ethyl adjacent to an activating group) is 1. The summed E-state index contributed by atoms with van der Waals surface area (Å²) in [4.78, 5) is 9.97. The molecule has 134 valence electrons. The number of guanidine groups is 1. The van der Waals surface area contributed by atoms with Crippen LogP contribution in [0.3, 0.4) is 0 Å². The van der Waals surface area contributed by atoms with E-state index in [1.54, 1.807) is 0 Å². The van der Waals surface area contributed by atoms with Gasteiger partial charge in [-0.2, -0.15) is 0 Å². The van der Waals surface area contributed by atoms with Gasteiger partial charge in [-0.05, 0) is 58.2 Å². The molecule has 2 unspecified atom stereocenters. The average molecular weight is 324 g/mol.